The van der Waals surface area contributed by atoms with Crippen LogP contribution in [0.15, 0.2) is 36.4 Å². The van der Waals surface area contributed by atoms with E-state index in [0.717, 1.165) is 86.9 Å². The highest BCUT2D eigenvalue weighted by atomic mass is 19.4. The maximum atomic E-state index is 13.4. The third-order valence-electron chi connectivity index (χ3n) is 9.36. The number of hydrogen-bond acceptors (Lipinski definition) is 3. The number of carboxylic acids is 1. The van der Waals surface area contributed by atoms with Crippen molar-refractivity contribution in [3.8, 4) is 5.75 Å². The van der Waals surface area contributed by atoms with Gasteiger partial charge in [-0.3, -0.25) is 9.69 Å². The molecule has 2 aliphatic heterocycles. The predicted octanol–water partition coefficient (Wildman–Crippen LogP) is 7.16. The maximum absolute atomic E-state index is 13.4. The van der Waals surface area contributed by atoms with Crippen LogP contribution in [0.3, 0.4) is 0 Å². The lowest BCUT2D eigenvalue weighted by atomic mass is 9.80. The van der Waals surface area contributed by atoms with E-state index in [1.807, 2.05) is 6.92 Å². The number of benzene rings is 2. The molecule has 0 radical (unpaired) electrons. The van der Waals surface area contributed by atoms with Crippen molar-refractivity contribution in [3.63, 3.8) is 0 Å². The van der Waals surface area contributed by atoms with Gasteiger partial charge in [0.15, 0.2) is 0 Å². The second-order valence-corrected chi connectivity index (χ2v) is 12.1. The molecule has 0 bridgehead atoms. The van der Waals surface area contributed by atoms with Crippen LogP contribution in [0.2, 0.25) is 0 Å². The van der Waals surface area contributed by atoms with Gasteiger partial charge in [0.05, 0.1) is 11.5 Å². The topological polar surface area (TPSA) is 49.8 Å². The second-order valence-electron chi connectivity index (χ2n) is 12.1. The van der Waals surface area contributed by atoms with Gasteiger partial charge in [-0.2, -0.15) is 13.2 Å². The van der Waals surface area contributed by atoms with Crippen LogP contribution >= 0.6 is 0 Å². The number of aryl methyl sites for hydroxylation is 1. The quantitative estimate of drug-likeness (QED) is 0.415. The van der Waals surface area contributed by atoms with E-state index in [-0.39, 0.29) is 11.5 Å². The Kier molecular flexibility index (Phi) is 6.48. The molecule has 2 aromatic rings. The summed E-state index contributed by atoms with van der Waals surface area (Å²) in [5.41, 5.74) is 3.31. The summed E-state index contributed by atoms with van der Waals surface area (Å²) < 4.78 is 46.9. The molecule has 1 unspecified atom stereocenters. The summed E-state index contributed by atoms with van der Waals surface area (Å²) in [6, 6.07) is 10.6. The fourth-order valence-corrected chi connectivity index (χ4v) is 6.73. The van der Waals surface area contributed by atoms with Crippen LogP contribution < -0.4 is 4.74 Å². The Balaban J connectivity index is 1.15. The summed E-state index contributed by atoms with van der Waals surface area (Å²) in [7, 11) is 0. The number of fused-ring (bicyclic) bond motifs is 1. The number of likely N-dealkylation sites (tertiary alicyclic amines) is 1. The number of carbonyl (C=O) groups is 1. The SMILES string of the molecule is C[C@H](C(=O)O)C(c1ccc2c(c1)OC1(CC2)CCN(Cc2cc(C(F)(F)F)ccc2C2CC2)CC1)C1CC1. The third kappa shape index (κ3) is 5.18. The van der Waals surface area contributed by atoms with Gasteiger partial charge < -0.3 is 9.84 Å². The van der Waals surface area contributed by atoms with Gasteiger partial charge in [0.2, 0.25) is 0 Å². The van der Waals surface area contributed by atoms with E-state index < -0.39 is 23.6 Å². The lowest BCUT2D eigenvalue weighted by Crippen LogP contribution is -2.49. The van der Waals surface area contributed by atoms with Gasteiger partial charge in [-0.25, -0.2) is 0 Å². The highest BCUT2D eigenvalue weighted by molar-refractivity contribution is 5.71. The van der Waals surface area contributed by atoms with E-state index >= 15 is 0 Å². The minimum absolute atomic E-state index is 0.00856. The maximum Gasteiger partial charge on any atom is 0.416 e. The molecule has 38 heavy (non-hydrogen) atoms. The molecule has 0 amide bonds. The minimum atomic E-state index is -4.33. The first-order valence-electron chi connectivity index (χ1n) is 14.1. The van der Waals surface area contributed by atoms with Crippen molar-refractivity contribution in [1.29, 1.82) is 0 Å². The van der Waals surface area contributed by atoms with Crippen molar-refractivity contribution in [2.45, 2.75) is 88.4 Å². The molecule has 7 heteroatoms. The fourth-order valence-electron chi connectivity index (χ4n) is 6.73. The Morgan fingerprint density at radius 3 is 2.45 bits per heavy atom. The molecule has 4 nitrogen and oxygen atoms in total. The summed E-state index contributed by atoms with van der Waals surface area (Å²) in [6.45, 7) is 3.93. The highest BCUT2D eigenvalue weighted by Crippen LogP contribution is 2.49. The zero-order valence-electron chi connectivity index (χ0n) is 21.9. The zero-order chi connectivity index (χ0) is 26.7. The van der Waals surface area contributed by atoms with Gasteiger partial charge in [0.1, 0.15) is 11.4 Å². The number of nitrogens with zero attached hydrogens (tertiary/aromatic N) is 1. The first-order chi connectivity index (χ1) is 18.1. The zero-order valence-corrected chi connectivity index (χ0v) is 21.9. The molecule has 204 valence electrons. The number of halogens is 3. The highest BCUT2D eigenvalue weighted by Gasteiger charge is 2.42. The van der Waals surface area contributed by atoms with Gasteiger partial charge in [0.25, 0.3) is 0 Å². The molecule has 1 spiro atoms. The summed E-state index contributed by atoms with van der Waals surface area (Å²) in [4.78, 5) is 14.1. The molecule has 0 aromatic heterocycles. The molecule has 2 atom stereocenters. The van der Waals surface area contributed by atoms with E-state index in [9.17, 15) is 23.1 Å². The predicted molar refractivity (Wildman–Crippen MR) is 138 cm³/mol. The molecule has 4 aliphatic rings. The van der Waals surface area contributed by atoms with Crippen molar-refractivity contribution < 1.29 is 27.8 Å². The molecule has 2 saturated carbocycles. The normalized spacial score (nSPS) is 22.9. The molecular weight excluding hydrogens is 491 g/mol. The fraction of sp³-hybridized carbons (Fsp3) is 0.581. The number of rotatable bonds is 7. The number of hydrogen-bond donors (Lipinski definition) is 1. The van der Waals surface area contributed by atoms with Crippen molar-refractivity contribution >= 4 is 5.97 Å². The van der Waals surface area contributed by atoms with Crippen LogP contribution in [0, 0.1) is 11.8 Å². The number of aliphatic carboxylic acids is 1. The van der Waals surface area contributed by atoms with Gasteiger partial charge >= 0.3 is 12.1 Å². The standard InChI is InChI=1S/C31H36F3NO3/c1-19(29(36)37)28(22-5-6-22)23-7-4-21-10-11-30(38-27(21)17-23)12-14-35(15-13-30)18-24-16-25(31(32,33)34)8-9-26(24)20-2-3-20/h4,7-9,16-17,19-20,22,28H,2-3,5-6,10-15,18H2,1H3,(H,36,37)/t19-,28?/m0/s1. The van der Waals surface area contributed by atoms with E-state index in [4.69, 9.17) is 4.74 Å². The number of alkyl halides is 3. The average Bonchev–Trinajstić information content (AvgIpc) is 3.79. The summed E-state index contributed by atoms with van der Waals surface area (Å²) in [5, 5.41) is 9.67. The van der Waals surface area contributed by atoms with Crippen molar-refractivity contribution in [2.75, 3.05) is 13.1 Å². The average molecular weight is 528 g/mol. The largest absolute Gasteiger partial charge is 0.487 e. The van der Waals surface area contributed by atoms with Crippen LogP contribution in [-0.4, -0.2) is 34.7 Å². The first kappa shape index (κ1) is 25.7. The van der Waals surface area contributed by atoms with Crippen molar-refractivity contribution in [2.24, 2.45) is 11.8 Å². The number of piperidine rings is 1. The smallest absolute Gasteiger partial charge is 0.416 e. The van der Waals surface area contributed by atoms with E-state index in [0.29, 0.717) is 18.4 Å². The Hall–Kier alpha value is -2.54. The van der Waals surface area contributed by atoms with Crippen LogP contribution in [0.4, 0.5) is 13.2 Å². The van der Waals surface area contributed by atoms with Gasteiger partial charge in [-0.05, 0) is 110 Å². The Morgan fingerprint density at radius 2 is 1.82 bits per heavy atom. The lowest BCUT2D eigenvalue weighted by Gasteiger charge is -2.45. The summed E-state index contributed by atoms with van der Waals surface area (Å²) >= 11 is 0. The molecule has 1 N–H and O–H groups in total. The Bertz CT molecular complexity index is 1210. The second kappa shape index (κ2) is 9.58. The van der Waals surface area contributed by atoms with Gasteiger partial charge in [-0.15, -0.1) is 0 Å². The van der Waals surface area contributed by atoms with Crippen molar-refractivity contribution in [3.05, 3.63) is 64.2 Å². The summed E-state index contributed by atoms with van der Waals surface area (Å²) in [5.74, 6) is 0.539. The van der Waals surface area contributed by atoms with Crippen LogP contribution in [-0.2, 0) is 23.9 Å². The monoisotopic (exact) mass is 527 g/mol. The number of ether oxygens (including phenoxy) is 1. The van der Waals surface area contributed by atoms with Crippen LogP contribution in [0.25, 0.3) is 0 Å². The third-order valence-corrected chi connectivity index (χ3v) is 9.36. The Morgan fingerprint density at radius 1 is 1.08 bits per heavy atom. The van der Waals surface area contributed by atoms with E-state index in [2.05, 4.69) is 23.1 Å². The lowest BCUT2D eigenvalue weighted by molar-refractivity contribution is -0.142. The number of carboxylic acid groups (broad SMARTS) is 1. The molecule has 2 aromatic carbocycles. The van der Waals surface area contributed by atoms with E-state index in [1.165, 1.54) is 17.7 Å². The molecule has 3 fully saturated rings. The van der Waals surface area contributed by atoms with Crippen LogP contribution in [0.1, 0.15) is 91.5 Å². The Labute approximate surface area is 222 Å². The minimum Gasteiger partial charge on any atom is -0.487 e. The molecular formula is C31H36F3NO3. The molecule has 1 saturated heterocycles. The van der Waals surface area contributed by atoms with E-state index in [1.54, 1.807) is 6.07 Å². The molecule has 6 rings (SSSR count). The van der Waals surface area contributed by atoms with Crippen LogP contribution in [0.5, 0.6) is 5.75 Å². The van der Waals surface area contributed by atoms with Gasteiger partial charge in [-0.1, -0.05) is 25.1 Å². The first-order valence-corrected chi connectivity index (χ1v) is 14.1. The van der Waals surface area contributed by atoms with Gasteiger partial charge in [0, 0.05) is 19.6 Å². The van der Waals surface area contributed by atoms with Crippen molar-refractivity contribution in [1.82, 2.24) is 4.90 Å². The molecule has 2 aliphatic carbocycles. The molecule has 2 heterocycles. The summed E-state index contributed by atoms with van der Waals surface area (Å²) in [6.07, 6.45) is 3.48.